The molecule has 142 valence electrons. The Morgan fingerprint density at radius 1 is 1.15 bits per heavy atom. The molecule has 0 unspecified atom stereocenters. The Kier molecular flexibility index (Phi) is 5.01. The summed E-state index contributed by atoms with van der Waals surface area (Å²) in [5, 5.41) is 8.28. The third-order valence-electron chi connectivity index (χ3n) is 4.01. The lowest BCUT2D eigenvalue weighted by Crippen LogP contribution is -2.12. The van der Waals surface area contributed by atoms with Crippen LogP contribution in [0.15, 0.2) is 42.5 Å². The van der Waals surface area contributed by atoms with Crippen LogP contribution in [-0.2, 0) is 13.2 Å². The van der Waals surface area contributed by atoms with Crippen molar-refractivity contribution in [2.24, 2.45) is 7.05 Å². The zero-order valence-corrected chi connectivity index (χ0v) is 15.2. The van der Waals surface area contributed by atoms with E-state index in [1.807, 2.05) is 0 Å². The molecule has 0 saturated heterocycles. The van der Waals surface area contributed by atoms with Gasteiger partial charge in [-0.3, -0.25) is 0 Å². The Morgan fingerprint density at radius 3 is 2.52 bits per heavy atom. The van der Waals surface area contributed by atoms with Crippen LogP contribution in [0.5, 0.6) is 5.75 Å². The van der Waals surface area contributed by atoms with E-state index in [0.717, 1.165) is 6.07 Å². The minimum atomic E-state index is -4.50. The van der Waals surface area contributed by atoms with E-state index in [0.29, 0.717) is 22.3 Å². The van der Waals surface area contributed by atoms with E-state index >= 15 is 0 Å². The normalized spacial score (nSPS) is 12.8. The summed E-state index contributed by atoms with van der Waals surface area (Å²) in [6, 6.07) is 10.0. The molecule has 1 aromatic heterocycles. The first-order chi connectivity index (χ1) is 12.7. The average molecular weight is 397 g/mol. The SMILES string of the molecule is C[C@H](Oc1ccc(N)cc1Cl)c1nnc(-c2ccccc2C(F)(F)F)n1C. The summed E-state index contributed by atoms with van der Waals surface area (Å²) < 4.78 is 47.1. The van der Waals surface area contributed by atoms with Crippen LogP contribution < -0.4 is 10.5 Å². The molecule has 0 saturated carbocycles. The van der Waals surface area contributed by atoms with E-state index in [4.69, 9.17) is 22.1 Å². The predicted molar refractivity (Wildman–Crippen MR) is 96.3 cm³/mol. The molecule has 3 rings (SSSR count). The minimum Gasteiger partial charge on any atom is -0.481 e. The van der Waals surface area contributed by atoms with Gasteiger partial charge in [-0.2, -0.15) is 13.2 Å². The molecule has 2 N–H and O–H groups in total. The third-order valence-corrected chi connectivity index (χ3v) is 4.30. The predicted octanol–water partition coefficient (Wildman–Crippen LogP) is 4.88. The molecule has 3 aromatic rings. The molecular formula is C18H16ClF3N4O. The van der Waals surface area contributed by atoms with Gasteiger partial charge >= 0.3 is 6.18 Å². The van der Waals surface area contributed by atoms with Gasteiger partial charge in [-0.25, -0.2) is 0 Å². The van der Waals surface area contributed by atoms with Crippen molar-refractivity contribution in [3.05, 3.63) is 58.9 Å². The molecule has 0 fully saturated rings. The Morgan fingerprint density at radius 2 is 1.85 bits per heavy atom. The summed E-state index contributed by atoms with van der Waals surface area (Å²) in [6.07, 6.45) is -5.10. The molecule has 0 bridgehead atoms. The van der Waals surface area contributed by atoms with Crippen molar-refractivity contribution in [2.75, 3.05) is 5.73 Å². The fourth-order valence-electron chi connectivity index (χ4n) is 2.71. The second kappa shape index (κ2) is 7.11. The van der Waals surface area contributed by atoms with Gasteiger partial charge in [0.05, 0.1) is 10.6 Å². The number of nitrogens with two attached hydrogens (primary N) is 1. The van der Waals surface area contributed by atoms with Crippen LogP contribution in [0.2, 0.25) is 5.02 Å². The number of anilines is 1. The van der Waals surface area contributed by atoms with Crippen molar-refractivity contribution >= 4 is 17.3 Å². The van der Waals surface area contributed by atoms with Gasteiger partial charge in [0.15, 0.2) is 17.8 Å². The highest BCUT2D eigenvalue weighted by molar-refractivity contribution is 6.32. The maximum absolute atomic E-state index is 13.3. The zero-order valence-electron chi connectivity index (χ0n) is 14.5. The van der Waals surface area contributed by atoms with Crippen LogP contribution in [-0.4, -0.2) is 14.8 Å². The van der Waals surface area contributed by atoms with E-state index in [2.05, 4.69) is 10.2 Å². The maximum Gasteiger partial charge on any atom is 0.417 e. The Bertz CT molecular complexity index is 971. The number of ether oxygens (including phenoxy) is 1. The highest BCUT2D eigenvalue weighted by atomic mass is 35.5. The number of alkyl halides is 3. The van der Waals surface area contributed by atoms with E-state index in [9.17, 15) is 13.2 Å². The number of hydrogen-bond acceptors (Lipinski definition) is 4. The molecule has 0 aliphatic rings. The van der Waals surface area contributed by atoms with Gasteiger partial charge in [0.1, 0.15) is 5.75 Å². The van der Waals surface area contributed by atoms with Gasteiger partial charge in [-0.05, 0) is 31.2 Å². The lowest BCUT2D eigenvalue weighted by atomic mass is 10.1. The van der Waals surface area contributed by atoms with Crippen molar-refractivity contribution in [2.45, 2.75) is 19.2 Å². The smallest absolute Gasteiger partial charge is 0.417 e. The molecule has 0 aliphatic carbocycles. The molecule has 0 spiro atoms. The highest BCUT2D eigenvalue weighted by Gasteiger charge is 2.34. The van der Waals surface area contributed by atoms with Gasteiger partial charge in [0, 0.05) is 18.3 Å². The number of halogens is 4. The lowest BCUT2D eigenvalue weighted by Gasteiger charge is -2.16. The van der Waals surface area contributed by atoms with Crippen LogP contribution in [0.3, 0.4) is 0 Å². The molecule has 9 heteroatoms. The summed E-state index contributed by atoms with van der Waals surface area (Å²) in [6.45, 7) is 1.70. The summed E-state index contributed by atoms with van der Waals surface area (Å²) in [4.78, 5) is 0. The summed E-state index contributed by atoms with van der Waals surface area (Å²) in [5.74, 6) is 0.838. The van der Waals surface area contributed by atoms with Crippen LogP contribution in [0.25, 0.3) is 11.4 Å². The van der Waals surface area contributed by atoms with E-state index in [1.54, 1.807) is 32.2 Å². The van der Waals surface area contributed by atoms with Crippen LogP contribution in [0.4, 0.5) is 18.9 Å². The molecule has 0 amide bonds. The van der Waals surface area contributed by atoms with E-state index < -0.39 is 17.8 Å². The van der Waals surface area contributed by atoms with Crippen LogP contribution in [0.1, 0.15) is 24.4 Å². The summed E-state index contributed by atoms with van der Waals surface area (Å²) in [7, 11) is 1.59. The van der Waals surface area contributed by atoms with Crippen LogP contribution in [0, 0.1) is 0 Å². The standard InChI is InChI=1S/C18H16ClF3N4O/c1-10(27-15-8-7-11(23)9-14(15)19)16-24-25-17(26(16)2)12-5-3-4-6-13(12)18(20,21)22/h3-10H,23H2,1-2H3/t10-/m0/s1. The van der Waals surface area contributed by atoms with Crippen LogP contribution >= 0.6 is 11.6 Å². The first-order valence-corrected chi connectivity index (χ1v) is 8.34. The van der Waals surface area contributed by atoms with E-state index in [1.165, 1.54) is 22.8 Å². The van der Waals surface area contributed by atoms with Gasteiger partial charge < -0.3 is 15.0 Å². The number of rotatable bonds is 4. The Hall–Kier alpha value is -2.74. The Labute approximate surface area is 158 Å². The van der Waals surface area contributed by atoms with Gasteiger partial charge in [-0.15, -0.1) is 10.2 Å². The quantitative estimate of drug-likeness (QED) is 0.638. The molecule has 27 heavy (non-hydrogen) atoms. The second-order valence-electron chi connectivity index (χ2n) is 5.93. The van der Waals surface area contributed by atoms with Crippen molar-refractivity contribution in [3.8, 4) is 17.1 Å². The average Bonchev–Trinajstić information content (AvgIpc) is 2.98. The molecule has 2 aromatic carbocycles. The minimum absolute atomic E-state index is 0.0519. The number of benzene rings is 2. The lowest BCUT2D eigenvalue weighted by molar-refractivity contribution is -0.137. The third kappa shape index (κ3) is 3.85. The number of hydrogen-bond donors (Lipinski definition) is 1. The highest BCUT2D eigenvalue weighted by Crippen LogP contribution is 2.37. The second-order valence-corrected chi connectivity index (χ2v) is 6.34. The largest absolute Gasteiger partial charge is 0.481 e. The summed E-state index contributed by atoms with van der Waals surface area (Å²) in [5.41, 5.74) is 5.32. The van der Waals surface area contributed by atoms with Gasteiger partial charge in [-0.1, -0.05) is 29.8 Å². The van der Waals surface area contributed by atoms with Crippen molar-refractivity contribution in [1.82, 2.24) is 14.8 Å². The van der Waals surface area contributed by atoms with Gasteiger partial charge in [0.2, 0.25) is 0 Å². The number of nitrogens with zero attached hydrogens (tertiary/aromatic N) is 3. The molecule has 5 nitrogen and oxygen atoms in total. The van der Waals surface area contributed by atoms with E-state index in [-0.39, 0.29) is 11.4 Å². The first kappa shape index (κ1) is 19.0. The fourth-order valence-corrected chi connectivity index (χ4v) is 2.94. The molecule has 0 aliphatic heterocycles. The first-order valence-electron chi connectivity index (χ1n) is 7.96. The maximum atomic E-state index is 13.3. The number of nitrogen functional groups attached to an aromatic ring is 1. The molecular weight excluding hydrogens is 381 g/mol. The topological polar surface area (TPSA) is 66.0 Å². The van der Waals surface area contributed by atoms with Crippen molar-refractivity contribution in [1.29, 1.82) is 0 Å². The number of aromatic nitrogens is 3. The monoisotopic (exact) mass is 396 g/mol. The molecule has 0 radical (unpaired) electrons. The zero-order chi connectivity index (χ0) is 19.8. The fraction of sp³-hybridized carbons (Fsp3) is 0.222. The summed E-state index contributed by atoms with van der Waals surface area (Å²) >= 11 is 6.10. The van der Waals surface area contributed by atoms with Crippen molar-refractivity contribution < 1.29 is 17.9 Å². The van der Waals surface area contributed by atoms with Crippen molar-refractivity contribution in [3.63, 3.8) is 0 Å². The molecule has 1 heterocycles. The Balaban J connectivity index is 1.94. The molecule has 1 atom stereocenters. The van der Waals surface area contributed by atoms with Gasteiger partial charge in [0.25, 0.3) is 0 Å².